The quantitative estimate of drug-likeness (QED) is 0.688. The van der Waals surface area contributed by atoms with Gasteiger partial charge >= 0.3 is 0 Å². The van der Waals surface area contributed by atoms with E-state index in [1.54, 1.807) is 0 Å². The zero-order chi connectivity index (χ0) is 12.8. The molecule has 0 radical (unpaired) electrons. The topological polar surface area (TPSA) is 29.5 Å². The van der Waals surface area contributed by atoms with Crippen LogP contribution in [0.5, 0.6) is 0 Å². The lowest BCUT2D eigenvalue weighted by Crippen LogP contribution is -2.46. The summed E-state index contributed by atoms with van der Waals surface area (Å²) in [6.45, 7) is 6.87. The largest absolute Gasteiger partial charge is 0.365 e. The van der Waals surface area contributed by atoms with Crippen LogP contribution in [0, 0.1) is 0 Å². The van der Waals surface area contributed by atoms with Crippen LogP contribution < -0.4 is 0 Å². The van der Waals surface area contributed by atoms with Gasteiger partial charge < -0.3 is 9.64 Å². The van der Waals surface area contributed by atoms with E-state index in [4.69, 9.17) is 16.3 Å². The van der Waals surface area contributed by atoms with Crippen LogP contribution in [-0.4, -0.2) is 41.5 Å². The molecule has 1 aliphatic rings. The van der Waals surface area contributed by atoms with Crippen molar-refractivity contribution < 1.29 is 9.53 Å². The maximum atomic E-state index is 12.4. The highest BCUT2D eigenvalue weighted by Crippen LogP contribution is 2.22. The number of carbonyl (C=O) groups excluding carboxylic acids is 1. The highest BCUT2D eigenvalue weighted by molar-refractivity contribution is 6.18. The van der Waals surface area contributed by atoms with Crippen LogP contribution in [0.4, 0.5) is 0 Å². The van der Waals surface area contributed by atoms with Gasteiger partial charge in [0.15, 0.2) is 0 Å². The molecule has 0 bridgehead atoms. The molecule has 1 rings (SSSR count). The fourth-order valence-corrected chi connectivity index (χ4v) is 2.64. The predicted octanol–water partition coefficient (Wildman–Crippen LogP) is 2.81. The summed E-state index contributed by atoms with van der Waals surface area (Å²) >= 11 is 5.80. The standard InChI is InChI=1S/C13H24ClNO2/c1-4-11(5-2)15(9-8-14)13(16)12-7-6-10(3)17-12/h10-12H,4-9H2,1-3H3. The molecule has 1 saturated heterocycles. The van der Waals surface area contributed by atoms with Crippen molar-refractivity contribution in [2.24, 2.45) is 0 Å². The first-order chi connectivity index (χ1) is 8.13. The maximum Gasteiger partial charge on any atom is 0.252 e. The molecular formula is C13H24ClNO2. The third-order valence-electron chi connectivity index (χ3n) is 3.50. The summed E-state index contributed by atoms with van der Waals surface area (Å²) in [7, 11) is 0. The van der Waals surface area contributed by atoms with Gasteiger partial charge in [-0.15, -0.1) is 11.6 Å². The van der Waals surface area contributed by atoms with Gasteiger partial charge in [-0.25, -0.2) is 0 Å². The summed E-state index contributed by atoms with van der Waals surface area (Å²) in [4.78, 5) is 14.3. The van der Waals surface area contributed by atoms with E-state index in [2.05, 4.69) is 13.8 Å². The first kappa shape index (κ1) is 14.8. The van der Waals surface area contributed by atoms with Gasteiger partial charge in [0.1, 0.15) is 6.10 Å². The molecule has 17 heavy (non-hydrogen) atoms. The van der Waals surface area contributed by atoms with Crippen LogP contribution in [0.1, 0.15) is 46.5 Å². The van der Waals surface area contributed by atoms with Crippen LogP contribution in [0.3, 0.4) is 0 Å². The normalized spacial score (nSPS) is 24.3. The molecule has 1 amide bonds. The lowest BCUT2D eigenvalue weighted by Gasteiger charge is -2.32. The fraction of sp³-hybridized carbons (Fsp3) is 0.923. The zero-order valence-corrected chi connectivity index (χ0v) is 11.9. The molecule has 0 saturated carbocycles. The lowest BCUT2D eigenvalue weighted by molar-refractivity contribution is -0.145. The molecule has 2 atom stereocenters. The number of amides is 1. The monoisotopic (exact) mass is 261 g/mol. The molecule has 0 aliphatic carbocycles. The van der Waals surface area contributed by atoms with Gasteiger partial charge in [0, 0.05) is 18.5 Å². The van der Waals surface area contributed by atoms with Crippen molar-refractivity contribution in [3.63, 3.8) is 0 Å². The molecule has 0 aromatic rings. The molecule has 1 heterocycles. The van der Waals surface area contributed by atoms with Crippen molar-refractivity contribution in [3.8, 4) is 0 Å². The Morgan fingerprint density at radius 1 is 1.41 bits per heavy atom. The Morgan fingerprint density at radius 2 is 2.06 bits per heavy atom. The molecule has 1 fully saturated rings. The van der Waals surface area contributed by atoms with Gasteiger partial charge in [0.05, 0.1) is 6.10 Å². The molecule has 0 aromatic heterocycles. The number of alkyl halides is 1. The Morgan fingerprint density at radius 3 is 2.47 bits per heavy atom. The summed E-state index contributed by atoms with van der Waals surface area (Å²) in [6.07, 6.45) is 3.74. The van der Waals surface area contributed by atoms with E-state index >= 15 is 0 Å². The van der Waals surface area contributed by atoms with Gasteiger partial charge in [-0.2, -0.15) is 0 Å². The second-order valence-corrected chi connectivity index (χ2v) is 5.08. The van der Waals surface area contributed by atoms with E-state index in [0.29, 0.717) is 18.5 Å². The van der Waals surface area contributed by atoms with E-state index in [1.807, 2.05) is 11.8 Å². The summed E-state index contributed by atoms with van der Waals surface area (Å²) in [5.74, 6) is 0.619. The first-order valence-corrected chi connectivity index (χ1v) is 7.19. The van der Waals surface area contributed by atoms with E-state index < -0.39 is 0 Å². The first-order valence-electron chi connectivity index (χ1n) is 6.65. The molecule has 4 heteroatoms. The molecule has 3 nitrogen and oxygen atoms in total. The Bertz CT molecular complexity index is 244. The van der Waals surface area contributed by atoms with Crippen molar-refractivity contribution in [2.45, 2.75) is 64.7 Å². The minimum Gasteiger partial charge on any atom is -0.365 e. The Kier molecular flexibility index (Phi) is 6.28. The molecule has 0 spiro atoms. The number of rotatable bonds is 6. The van der Waals surface area contributed by atoms with E-state index in [0.717, 1.165) is 25.7 Å². The summed E-state index contributed by atoms with van der Waals surface area (Å²) in [5.41, 5.74) is 0. The predicted molar refractivity (Wildman–Crippen MR) is 70.4 cm³/mol. The van der Waals surface area contributed by atoms with Gasteiger partial charge in [0.25, 0.3) is 5.91 Å². The molecule has 2 unspecified atom stereocenters. The molecule has 0 N–H and O–H groups in total. The van der Waals surface area contributed by atoms with Gasteiger partial charge in [0.2, 0.25) is 0 Å². The number of nitrogens with zero attached hydrogens (tertiary/aromatic N) is 1. The zero-order valence-electron chi connectivity index (χ0n) is 11.1. The van der Waals surface area contributed by atoms with Crippen molar-refractivity contribution >= 4 is 17.5 Å². The van der Waals surface area contributed by atoms with Crippen LogP contribution in [0.25, 0.3) is 0 Å². The van der Waals surface area contributed by atoms with Crippen molar-refractivity contribution in [2.75, 3.05) is 12.4 Å². The highest BCUT2D eigenvalue weighted by atomic mass is 35.5. The number of halogens is 1. The van der Waals surface area contributed by atoms with Crippen molar-refractivity contribution in [1.82, 2.24) is 4.90 Å². The van der Waals surface area contributed by atoms with Gasteiger partial charge in [-0.3, -0.25) is 4.79 Å². The Balaban J connectivity index is 2.65. The third kappa shape index (κ3) is 3.85. The summed E-state index contributed by atoms with van der Waals surface area (Å²) < 4.78 is 5.66. The Labute approximate surface area is 109 Å². The fourth-order valence-electron chi connectivity index (χ4n) is 2.46. The summed E-state index contributed by atoms with van der Waals surface area (Å²) in [5, 5.41) is 0. The average Bonchev–Trinajstić information content (AvgIpc) is 2.75. The SMILES string of the molecule is CCC(CC)N(CCCl)C(=O)C1CCC(C)O1. The van der Waals surface area contributed by atoms with Crippen molar-refractivity contribution in [3.05, 3.63) is 0 Å². The lowest BCUT2D eigenvalue weighted by atomic mass is 10.1. The minimum absolute atomic E-state index is 0.128. The number of hydrogen-bond donors (Lipinski definition) is 0. The van der Waals surface area contributed by atoms with Crippen LogP contribution in [-0.2, 0) is 9.53 Å². The molecule has 0 aromatic carbocycles. The number of ether oxygens (including phenoxy) is 1. The maximum absolute atomic E-state index is 12.4. The van der Waals surface area contributed by atoms with Crippen LogP contribution in [0.2, 0.25) is 0 Å². The molecular weight excluding hydrogens is 238 g/mol. The van der Waals surface area contributed by atoms with Gasteiger partial charge in [-0.1, -0.05) is 13.8 Å². The van der Waals surface area contributed by atoms with Crippen LogP contribution >= 0.6 is 11.6 Å². The van der Waals surface area contributed by atoms with E-state index in [9.17, 15) is 4.79 Å². The second-order valence-electron chi connectivity index (χ2n) is 4.70. The number of hydrogen-bond acceptors (Lipinski definition) is 2. The highest BCUT2D eigenvalue weighted by Gasteiger charge is 2.33. The van der Waals surface area contributed by atoms with Crippen LogP contribution in [0.15, 0.2) is 0 Å². The van der Waals surface area contributed by atoms with E-state index in [1.165, 1.54) is 0 Å². The Hall–Kier alpha value is -0.280. The van der Waals surface area contributed by atoms with Crippen molar-refractivity contribution in [1.29, 1.82) is 0 Å². The third-order valence-corrected chi connectivity index (χ3v) is 3.67. The van der Waals surface area contributed by atoms with Gasteiger partial charge in [-0.05, 0) is 32.6 Å². The molecule has 1 aliphatic heterocycles. The minimum atomic E-state index is -0.242. The smallest absolute Gasteiger partial charge is 0.252 e. The average molecular weight is 262 g/mol. The summed E-state index contributed by atoms with van der Waals surface area (Å²) in [6, 6.07) is 0.292. The number of carbonyl (C=O) groups is 1. The molecule has 100 valence electrons. The van der Waals surface area contributed by atoms with E-state index in [-0.39, 0.29) is 18.1 Å². The second kappa shape index (κ2) is 7.22.